The zero-order valence-electron chi connectivity index (χ0n) is 9.36. The summed E-state index contributed by atoms with van der Waals surface area (Å²) >= 11 is 9.54. The van der Waals surface area contributed by atoms with Gasteiger partial charge in [0.2, 0.25) is 0 Å². The normalized spacial score (nSPS) is 10.5. The Kier molecular flexibility index (Phi) is 4.07. The van der Waals surface area contributed by atoms with E-state index in [1.807, 2.05) is 31.3 Å². The molecule has 2 aromatic rings. The molecular formula is C12H12BrClN2O. The van der Waals surface area contributed by atoms with E-state index in [0.29, 0.717) is 21.9 Å². The molecule has 0 atom stereocenters. The Hall–Kier alpha value is -1.00. The summed E-state index contributed by atoms with van der Waals surface area (Å²) < 4.78 is 7.57. The lowest BCUT2D eigenvalue weighted by atomic mass is 10.2. The van der Waals surface area contributed by atoms with Gasteiger partial charge in [-0.2, -0.15) is 5.10 Å². The summed E-state index contributed by atoms with van der Waals surface area (Å²) in [5.74, 6) is 1.38. The Morgan fingerprint density at radius 3 is 2.94 bits per heavy atom. The van der Waals surface area contributed by atoms with E-state index in [2.05, 4.69) is 21.0 Å². The predicted octanol–water partition coefficient (Wildman–Crippen LogP) is 4.24. The first-order valence-electron chi connectivity index (χ1n) is 5.28. The van der Waals surface area contributed by atoms with Crippen LogP contribution in [-0.2, 0) is 11.9 Å². The highest BCUT2D eigenvalue weighted by atomic mass is 79.9. The third-order valence-corrected chi connectivity index (χ3v) is 3.25. The number of alkyl halides is 1. The van der Waals surface area contributed by atoms with Gasteiger partial charge in [-0.3, -0.25) is 4.68 Å². The first-order chi connectivity index (χ1) is 8.24. The molecule has 0 saturated carbocycles. The summed E-state index contributed by atoms with van der Waals surface area (Å²) in [6.07, 6.45) is 3.53. The first-order valence-corrected chi connectivity index (χ1v) is 6.78. The quantitative estimate of drug-likeness (QED) is 0.789. The summed E-state index contributed by atoms with van der Waals surface area (Å²) in [6.45, 7) is 2.84. The molecule has 1 aromatic heterocycles. The number of ether oxygens (including phenoxy) is 1. The fourth-order valence-corrected chi connectivity index (χ4v) is 2.14. The molecule has 1 heterocycles. The Morgan fingerprint density at radius 1 is 1.47 bits per heavy atom. The van der Waals surface area contributed by atoms with E-state index in [0.717, 1.165) is 12.1 Å². The predicted molar refractivity (Wildman–Crippen MR) is 72.1 cm³/mol. The number of rotatable bonds is 4. The van der Waals surface area contributed by atoms with E-state index < -0.39 is 0 Å². The molecule has 1 aromatic carbocycles. The molecule has 0 amide bonds. The molecule has 0 N–H and O–H groups in total. The highest BCUT2D eigenvalue weighted by Crippen LogP contribution is 2.33. The van der Waals surface area contributed by atoms with Gasteiger partial charge in [0.05, 0.1) is 17.4 Å². The maximum Gasteiger partial charge on any atom is 0.165 e. The van der Waals surface area contributed by atoms with Gasteiger partial charge < -0.3 is 4.74 Å². The molecule has 2 rings (SSSR count). The largest absolute Gasteiger partial charge is 0.452 e. The highest BCUT2D eigenvalue weighted by molar-refractivity contribution is 9.08. The number of aromatic nitrogens is 2. The lowest BCUT2D eigenvalue weighted by Crippen LogP contribution is -1.92. The first kappa shape index (κ1) is 12.5. The third kappa shape index (κ3) is 2.82. The number of aryl methyl sites for hydroxylation is 1. The summed E-state index contributed by atoms with van der Waals surface area (Å²) in [5, 5.41) is 5.46. The van der Waals surface area contributed by atoms with Crippen LogP contribution in [0.2, 0.25) is 5.02 Å². The highest BCUT2D eigenvalue weighted by Gasteiger charge is 2.09. The average Bonchev–Trinajstić information content (AvgIpc) is 2.79. The van der Waals surface area contributed by atoms with Crippen LogP contribution in [0.15, 0.2) is 30.6 Å². The number of hydrogen-bond donors (Lipinski definition) is 0. The van der Waals surface area contributed by atoms with Crippen LogP contribution in [-0.4, -0.2) is 9.78 Å². The van der Waals surface area contributed by atoms with Crippen molar-refractivity contribution in [3.63, 3.8) is 0 Å². The lowest BCUT2D eigenvalue weighted by molar-refractivity contribution is 0.477. The zero-order valence-corrected chi connectivity index (χ0v) is 11.7. The van der Waals surface area contributed by atoms with E-state index in [4.69, 9.17) is 16.3 Å². The van der Waals surface area contributed by atoms with Crippen LogP contribution in [0, 0.1) is 0 Å². The lowest BCUT2D eigenvalue weighted by Gasteiger charge is -2.09. The van der Waals surface area contributed by atoms with Crippen molar-refractivity contribution >= 4 is 27.5 Å². The molecule has 3 nitrogen and oxygen atoms in total. The molecule has 0 spiro atoms. The van der Waals surface area contributed by atoms with Gasteiger partial charge in [-0.1, -0.05) is 39.7 Å². The van der Waals surface area contributed by atoms with Crippen LogP contribution < -0.4 is 4.74 Å². The van der Waals surface area contributed by atoms with Crippen LogP contribution in [0.3, 0.4) is 0 Å². The van der Waals surface area contributed by atoms with E-state index in [1.165, 1.54) is 0 Å². The summed E-state index contributed by atoms with van der Waals surface area (Å²) in [4.78, 5) is 0. The summed E-state index contributed by atoms with van der Waals surface area (Å²) in [6, 6.07) is 5.69. The van der Waals surface area contributed by atoms with Gasteiger partial charge in [-0.25, -0.2) is 0 Å². The Balaban J connectivity index is 2.28. The molecule has 17 heavy (non-hydrogen) atoms. The van der Waals surface area contributed by atoms with Crippen LogP contribution in [0.4, 0.5) is 0 Å². The second-order valence-electron chi connectivity index (χ2n) is 3.50. The standard InChI is InChI=1S/C12H12BrClN2O/c1-2-16-8-10(7-15-16)17-12-9(6-13)4-3-5-11(12)14/h3-5,7-8H,2,6H2,1H3. The van der Waals surface area contributed by atoms with E-state index in [-0.39, 0.29) is 0 Å². The Morgan fingerprint density at radius 2 is 2.29 bits per heavy atom. The smallest absolute Gasteiger partial charge is 0.165 e. The Labute approximate surface area is 113 Å². The van der Waals surface area contributed by atoms with E-state index in [9.17, 15) is 0 Å². The van der Waals surface area contributed by atoms with Crippen molar-refractivity contribution in [3.8, 4) is 11.5 Å². The van der Waals surface area contributed by atoms with Crippen molar-refractivity contribution in [2.45, 2.75) is 18.8 Å². The minimum atomic E-state index is 0.603. The van der Waals surface area contributed by atoms with Gasteiger partial charge >= 0.3 is 0 Å². The topological polar surface area (TPSA) is 27.1 Å². The molecule has 5 heteroatoms. The van der Waals surface area contributed by atoms with Crippen molar-refractivity contribution in [2.24, 2.45) is 0 Å². The maximum absolute atomic E-state index is 6.13. The van der Waals surface area contributed by atoms with Gasteiger partial charge in [-0.05, 0) is 13.0 Å². The molecule has 0 aliphatic heterocycles. The molecule has 0 unspecified atom stereocenters. The third-order valence-electron chi connectivity index (χ3n) is 2.35. The van der Waals surface area contributed by atoms with Gasteiger partial charge in [0.15, 0.2) is 5.75 Å². The van der Waals surface area contributed by atoms with Crippen LogP contribution in [0.25, 0.3) is 0 Å². The van der Waals surface area contributed by atoms with Crippen molar-refractivity contribution in [1.82, 2.24) is 9.78 Å². The van der Waals surface area contributed by atoms with Crippen molar-refractivity contribution in [1.29, 1.82) is 0 Å². The van der Waals surface area contributed by atoms with Crippen molar-refractivity contribution in [2.75, 3.05) is 0 Å². The fourth-order valence-electron chi connectivity index (χ4n) is 1.46. The second kappa shape index (κ2) is 5.56. The molecule has 0 aliphatic rings. The summed E-state index contributed by atoms with van der Waals surface area (Å²) in [5.41, 5.74) is 1.02. The number of hydrogen-bond acceptors (Lipinski definition) is 2. The second-order valence-corrected chi connectivity index (χ2v) is 4.46. The van der Waals surface area contributed by atoms with Gasteiger partial charge in [0.25, 0.3) is 0 Å². The Bertz CT molecular complexity index is 513. The number of benzene rings is 1. The van der Waals surface area contributed by atoms with E-state index >= 15 is 0 Å². The van der Waals surface area contributed by atoms with Crippen LogP contribution in [0.5, 0.6) is 11.5 Å². The van der Waals surface area contributed by atoms with Crippen molar-refractivity contribution < 1.29 is 4.74 Å². The minimum absolute atomic E-state index is 0.603. The molecule has 0 fully saturated rings. The monoisotopic (exact) mass is 314 g/mol. The SMILES string of the molecule is CCn1cc(Oc2c(Cl)cccc2CBr)cn1. The molecular weight excluding hydrogens is 304 g/mol. The van der Waals surface area contributed by atoms with Crippen LogP contribution >= 0.6 is 27.5 Å². The molecule has 0 radical (unpaired) electrons. The van der Waals surface area contributed by atoms with Gasteiger partial charge in [0.1, 0.15) is 5.75 Å². The maximum atomic E-state index is 6.13. The van der Waals surface area contributed by atoms with Crippen molar-refractivity contribution in [3.05, 3.63) is 41.2 Å². The fraction of sp³-hybridized carbons (Fsp3) is 0.250. The molecule has 0 bridgehead atoms. The zero-order chi connectivity index (χ0) is 12.3. The molecule has 90 valence electrons. The van der Waals surface area contributed by atoms with Gasteiger partial charge in [0, 0.05) is 17.4 Å². The van der Waals surface area contributed by atoms with Crippen LogP contribution in [0.1, 0.15) is 12.5 Å². The number of para-hydroxylation sites is 1. The average molecular weight is 316 g/mol. The summed E-state index contributed by atoms with van der Waals surface area (Å²) in [7, 11) is 0. The molecule has 0 saturated heterocycles. The number of nitrogens with zero attached hydrogens (tertiary/aromatic N) is 2. The molecule has 0 aliphatic carbocycles. The minimum Gasteiger partial charge on any atom is -0.452 e. The van der Waals surface area contributed by atoms with E-state index in [1.54, 1.807) is 10.9 Å². The van der Waals surface area contributed by atoms with Gasteiger partial charge in [-0.15, -0.1) is 0 Å². The number of halogens is 2.